The average Bonchev–Trinajstić information content (AvgIpc) is 3.02. The van der Waals surface area contributed by atoms with Crippen molar-refractivity contribution in [2.75, 3.05) is 18.0 Å². The summed E-state index contributed by atoms with van der Waals surface area (Å²) >= 11 is 0. The van der Waals surface area contributed by atoms with E-state index in [1.54, 1.807) is 0 Å². The van der Waals surface area contributed by atoms with Crippen LogP contribution in [0.5, 0.6) is 0 Å². The van der Waals surface area contributed by atoms with Crippen molar-refractivity contribution in [3.05, 3.63) is 18.0 Å². The lowest BCUT2D eigenvalue weighted by atomic mass is 9.81. The third-order valence-corrected chi connectivity index (χ3v) is 7.36. The SMILES string of the molecule is CCC(C)C(=O)C1CCCCC1.Cc1ccnc(N2C3CCC2CN(C(C)C)C3)n1. The molecule has 0 N–H and O–H groups in total. The van der Waals surface area contributed by atoms with Crippen molar-refractivity contribution in [2.45, 2.75) is 104 Å². The molecular weight excluding hydrogens is 372 g/mol. The quantitative estimate of drug-likeness (QED) is 0.676. The smallest absolute Gasteiger partial charge is 0.226 e. The van der Waals surface area contributed by atoms with E-state index in [1.807, 2.05) is 19.2 Å². The number of aromatic nitrogens is 2. The van der Waals surface area contributed by atoms with Gasteiger partial charge in [-0.2, -0.15) is 0 Å². The second-order valence-corrected chi connectivity index (χ2v) is 9.88. The predicted octanol–water partition coefficient (Wildman–Crippen LogP) is 5.03. The van der Waals surface area contributed by atoms with Gasteiger partial charge in [0.25, 0.3) is 0 Å². The zero-order valence-corrected chi connectivity index (χ0v) is 19.8. The van der Waals surface area contributed by atoms with Gasteiger partial charge in [0, 0.05) is 54.9 Å². The standard InChI is InChI=1S/C14H22N4.C11H20O/c1-10(2)17-8-12-4-5-13(9-17)18(12)14-15-7-6-11(3)16-14;1-3-9(2)11(12)10-7-5-4-6-8-10/h6-7,10,12-13H,4-5,8-9H2,1-3H3;9-10H,3-8H2,1-2H3. The number of piperazine rings is 1. The Morgan fingerprint density at radius 1 is 1.07 bits per heavy atom. The van der Waals surface area contributed by atoms with E-state index >= 15 is 0 Å². The van der Waals surface area contributed by atoms with E-state index in [0.29, 0.717) is 35.7 Å². The molecule has 3 atom stereocenters. The molecule has 3 fully saturated rings. The van der Waals surface area contributed by atoms with Crippen LogP contribution in [0.3, 0.4) is 0 Å². The van der Waals surface area contributed by atoms with Crippen LogP contribution in [0.15, 0.2) is 12.3 Å². The fraction of sp³-hybridized carbons (Fsp3) is 0.800. The molecule has 1 saturated carbocycles. The molecule has 168 valence electrons. The summed E-state index contributed by atoms with van der Waals surface area (Å²) in [6, 6.07) is 3.82. The van der Waals surface area contributed by atoms with Crippen molar-refractivity contribution in [2.24, 2.45) is 11.8 Å². The molecule has 30 heavy (non-hydrogen) atoms. The highest BCUT2D eigenvalue weighted by Crippen LogP contribution is 2.33. The minimum absolute atomic E-state index is 0.299. The fourth-order valence-corrected chi connectivity index (χ4v) is 5.23. The van der Waals surface area contributed by atoms with Gasteiger partial charge in [-0.05, 0) is 58.9 Å². The highest BCUT2D eigenvalue weighted by Gasteiger charge is 2.41. The summed E-state index contributed by atoms with van der Waals surface area (Å²) in [6.07, 6.45) is 11.6. The Labute approximate surface area is 183 Å². The van der Waals surface area contributed by atoms with E-state index in [1.165, 1.54) is 32.1 Å². The molecule has 3 unspecified atom stereocenters. The number of ketones is 1. The molecule has 0 aromatic carbocycles. The van der Waals surface area contributed by atoms with Crippen molar-refractivity contribution in [1.82, 2.24) is 14.9 Å². The maximum absolute atomic E-state index is 11.7. The van der Waals surface area contributed by atoms with E-state index in [4.69, 9.17) is 0 Å². The Kier molecular flexibility index (Phi) is 8.27. The van der Waals surface area contributed by atoms with Gasteiger partial charge in [0.1, 0.15) is 5.78 Å². The number of hydrogen-bond acceptors (Lipinski definition) is 5. The van der Waals surface area contributed by atoms with Crippen LogP contribution in [-0.4, -0.2) is 51.9 Å². The van der Waals surface area contributed by atoms with Gasteiger partial charge in [0.05, 0.1) is 0 Å². The predicted molar refractivity (Wildman–Crippen MR) is 124 cm³/mol. The minimum Gasteiger partial charge on any atom is -0.332 e. The van der Waals surface area contributed by atoms with E-state index in [-0.39, 0.29) is 0 Å². The van der Waals surface area contributed by atoms with E-state index in [2.05, 4.69) is 47.5 Å². The van der Waals surface area contributed by atoms with Gasteiger partial charge in [-0.1, -0.05) is 33.1 Å². The lowest BCUT2D eigenvalue weighted by Crippen LogP contribution is -2.56. The van der Waals surface area contributed by atoms with Crippen LogP contribution in [0, 0.1) is 18.8 Å². The molecule has 1 aromatic heterocycles. The van der Waals surface area contributed by atoms with Crippen molar-refractivity contribution < 1.29 is 4.79 Å². The second-order valence-electron chi connectivity index (χ2n) is 9.88. The van der Waals surface area contributed by atoms with E-state index in [0.717, 1.165) is 44.0 Å². The van der Waals surface area contributed by atoms with Gasteiger partial charge < -0.3 is 4.90 Å². The van der Waals surface area contributed by atoms with Crippen LogP contribution in [0.1, 0.15) is 84.8 Å². The molecule has 1 aliphatic carbocycles. The summed E-state index contributed by atoms with van der Waals surface area (Å²) in [6.45, 7) is 13.1. The van der Waals surface area contributed by atoms with Gasteiger partial charge in [-0.3, -0.25) is 9.69 Å². The molecule has 2 bridgehead atoms. The summed E-state index contributed by atoms with van der Waals surface area (Å²) in [5.74, 6) is 2.17. The van der Waals surface area contributed by atoms with Crippen molar-refractivity contribution >= 4 is 11.7 Å². The Hall–Kier alpha value is -1.49. The van der Waals surface area contributed by atoms with Crippen LogP contribution in [0.4, 0.5) is 5.95 Å². The number of likely N-dealkylation sites (tertiary alicyclic amines) is 1. The minimum atomic E-state index is 0.299. The third kappa shape index (κ3) is 5.60. The first-order valence-corrected chi connectivity index (χ1v) is 12.3. The molecule has 0 radical (unpaired) electrons. The topological polar surface area (TPSA) is 49.3 Å². The van der Waals surface area contributed by atoms with Gasteiger partial charge >= 0.3 is 0 Å². The Morgan fingerprint density at radius 2 is 1.70 bits per heavy atom. The first kappa shape index (κ1) is 23.2. The summed E-state index contributed by atoms with van der Waals surface area (Å²) < 4.78 is 0. The molecule has 0 amide bonds. The molecular formula is C25H42N4O. The summed E-state index contributed by atoms with van der Waals surface area (Å²) in [5.41, 5.74) is 1.06. The number of carbonyl (C=O) groups is 1. The monoisotopic (exact) mass is 414 g/mol. The van der Waals surface area contributed by atoms with E-state index < -0.39 is 0 Å². The molecule has 4 rings (SSSR count). The summed E-state index contributed by atoms with van der Waals surface area (Å²) in [7, 11) is 0. The van der Waals surface area contributed by atoms with Crippen molar-refractivity contribution in [3.63, 3.8) is 0 Å². The second kappa shape index (κ2) is 10.7. The van der Waals surface area contributed by atoms with Crippen molar-refractivity contribution in [3.8, 4) is 0 Å². The largest absolute Gasteiger partial charge is 0.332 e. The number of aryl methyl sites for hydroxylation is 1. The highest BCUT2D eigenvalue weighted by molar-refractivity contribution is 5.83. The van der Waals surface area contributed by atoms with Crippen molar-refractivity contribution in [1.29, 1.82) is 0 Å². The molecule has 1 aromatic rings. The van der Waals surface area contributed by atoms with Crippen LogP contribution in [-0.2, 0) is 4.79 Å². The van der Waals surface area contributed by atoms with Crippen LogP contribution < -0.4 is 4.90 Å². The maximum Gasteiger partial charge on any atom is 0.226 e. The first-order valence-electron chi connectivity index (χ1n) is 12.3. The molecule has 3 aliphatic rings. The maximum atomic E-state index is 11.7. The van der Waals surface area contributed by atoms with Gasteiger partial charge in [-0.15, -0.1) is 0 Å². The normalized spacial score (nSPS) is 25.7. The van der Waals surface area contributed by atoms with Crippen LogP contribution >= 0.6 is 0 Å². The Balaban J connectivity index is 0.000000187. The zero-order valence-electron chi connectivity index (χ0n) is 19.8. The van der Waals surface area contributed by atoms with Gasteiger partial charge in [0.15, 0.2) is 0 Å². The lowest BCUT2D eigenvalue weighted by molar-refractivity contribution is -0.127. The lowest BCUT2D eigenvalue weighted by Gasteiger charge is -2.42. The van der Waals surface area contributed by atoms with Gasteiger partial charge in [-0.25, -0.2) is 9.97 Å². The van der Waals surface area contributed by atoms with Crippen LogP contribution in [0.2, 0.25) is 0 Å². The number of fused-ring (bicyclic) bond motifs is 2. The number of Topliss-reactive ketones (excluding diaryl/α,β-unsaturated/α-hetero) is 1. The Morgan fingerprint density at radius 3 is 2.23 bits per heavy atom. The first-order chi connectivity index (χ1) is 14.4. The molecule has 5 heteroatoms. The molecule has 3 heterocycles. The summed E-state index contributed by atoms with van der Waals surface area (Å²) in [4.78, 5) is 25.9. The number of hydrogen-bond donors (Lipinski definition) is 0. The molecule has 0 spiro atoms. The number of rotatable bonds is 5. The third-order valence-electron chi connectivity index (χ3n) is 7.36. The zero-order chi connectivity index (χ0) is 21.7. The molecule has 2 aliphatic heterocycles. The highest BCUT2D eigenvalue weighted by atomic mass is 16.1. The number of anilines is 1. The van der Waals surface area contributed by atoms with E-state index in [9.17, 15) is 4.79 Å². The number of carbonyl (C=O) groups excluding carboxylic acids is 1. The molecule has 2 saturated heterocycles. The van der Waals surface area contributed by atoms with Gasteiger partial charge in [0.2, 0.25) is 5.95 Å². The fourth-order valence-electron chi connectivity index (χ4n) is 5.23. The molecule has 5 nitrogen and oxygen atoms in total. The number of nitrogens with zero attached hydrogens (tertiary/aromatic N) is 4. The average molecular weight is 415 g/mol. The van der Waals surface area contributed by atoms with Crippen LogP contribution in [0.25, 0.3) is 0 Å². The summed E-state index contributed by atoms with van der Waals surface area (Å²) in [5, 5.41) is 0. The Bertz CT molecular complexity index is 671.